The molecule has 2 amide bonds. The van der Waals surface area contributed by atoms with Gasteiger partial charge in [-0.3, -0.25) is 9.59 Å². The van der Waals surface area contributed by atoms with Crippen molar-refractivity contribution >= 4 is 11.8 Å². The zero-order valence-corrected chi connectivity index (χ0v) is 20.5. The van der Waals surface area contributed by atoms with Gasteiger partial charge < -0.3 is 14.4 Å². The Morgan fingerprint density at radius 2 is 1.76 bits per heavy atom. The van der Waals surface area contributed by atoms with E-state index < -0.39 is 0 Å². The molecule has 0 saturated heterocycles. The number of hydrogen-bond donors (Lipinski definition) is 0. The van der Waals surface area contributed by atoms with Gasteiger partial charge in [-0.05, 0) is 55.5 Å². The summed E-state index contributed by atoms with van der Waals surface area (Å²) in [5, 5.41) is 0. The first-order chi connectivity index (χ1) is 16.4. The molecule has 1 fully saturated rings. The third kappa shape index (κ3) is 6.16. The second-order valence-electron chi connectivity index (χ2n) is 9.81. The molecule has 0 N–H and O–H groups in total. The Morgan fingerprint density at radius 1 is 1.00 bits per heavy atom. The van der Waals surface area contributed by atoms with E-state index in [1.165, 1.54) is 5.56 Å². The van der Waals surface area contributed by atoms with Gasteiger partial charge in [-0.15, -0.1) is 0 Å². The van der Waals surface area contributed by atoms with Crippen molar-refractivity contribution in [1.29, 1.82) is 0 Å². The van der Waals surface area contributed by atoms with Gasteiger partial charge in [0.15, 0.2) is 0 Å². The molecule has 1 aliphatic rings. The molecule has 5 nitrogen and oxygen atoms in total. The first-order valence-corrected chi connectivity index (χ1v) is 12.2. The van der Waals surface area contributed by atoms with Crippen LogP contribution in [0.15, 0.2) is 72.9 Å². The highest BCUT2D eigenvalue weighted by molar-refractivity contribution is 5.96. The lowest BCUT2D eigenvalue weighted by molar-refractivity contribution is -0.133. The van der Waals surface area contributed by atoms with Crippen LogP contribution in [0.1, 0.15) is 53.9 Å². The summed E-state index contributed by atoms with van der Waals surface area (Å²) in [7, 11) is 0. The number of carbonyl (C=O) groups is 2. The predicted molar refractivity (Wildman–Crippen MR) is 135 cm³/mol. The summed E-state index contributed by atoms with van der Waals surface area (Å²) in [4.78, 5) is 30.5. The van der Waals surface area contributed by atoms with Gasteiger partial charge in [0.05, 0.1) is 6.54 Å². The lowest BCUT2D eigenvalue weighted by atomic mass is 10.1. The number of nitrogens with zero attached hydrogens (tertiary/aromatic N) is 3. The molecule has 0 atom stereocenters. The van der Waals surface area contributed by atoms with Crippen molar-refractivity contribution in [1.82, 2.24) is 14.4 Å². The highest BCUT2D eigenvalue weighted by Crippen LogP contribution is 2.29. The number of amides is 2. The Balaban J connectivity index is 1.49. The molecular formula is C29H35N3O2. The maximum Gasteiger partial charge on any atom is 0.254 e. The molecule has 178 valence electrons. The zero-order chi connectivity index (χ0) is 24.1. The van der Waals surface area contributed by atoms with Crippen molar-refractivity contribution in [2.45, 2.75) is 52.7 Å². The second-order valence-corrected chi connectivity index (χ2v) is 9.81. The van der Waals surface area contributed by atoms with Gasteiger partial charge in [0.2, 0.25) is 5.91 Å². The van der Waals surface area contributed by atoms with Crippen molar-refractivity contribution in [3.05, 3.63) is 95.3 Å². The summed E-state index contributed by atoms with van der Waals surface area (Å²) in [6, 6.07) is 22.4. The summed E-state index contributed by atoms with van der Waals surface area (Å²) in [6.45, 7) is 8.15. The molecule has 3 aromatic rings. The van der Waals surface area contributed by atoms with Crippen LogP contribution in [0, 0.1) is 12.8 Å². The molecule has 2 aromatic carbocycles. The summed E-state index contributed by atoms with van der Waals surface area (Å²) < 4.78 is 2.21. The zero-order valence-electron chi connectivity index (χ0n) is 20.5. The topological polar surface area (TPSA) is 45.6 Å². The van der Waals surface area contributed by atoms with Crippen molar-refractivity contribution in [2.24, 2.45) is 5.92 Å². The molecule has 0 unspecified atom stereocenters. The highest BCUT2D eigenvalue weighted by atomic mass is 16.2. The van der Waals surface area contributed by atoms with Crippen LogP contribution in [0.2, 0.25) is 0 Å². The van der Waals surface area contributed by atoms with Crippen LogP contribution in [-0.4, -0.2) is 45.3 Å². The van der Waals surface area contributed by atoms with Crippen molar-refractivity contribution in [2.75, 3.05) is 13.1 Å². The molecule has 5 heteroatoms. The third-order valence-electron chi connectivity index (χ3n) is 6.22. The lowest BCUT2D eigenvalue weighted by Crippen LogP contribution is -2.45. The second kappa shape index (κ2) is 10.7. The summed E-state index contributed by atoms with van der Waals surface area (Å²) in [5.74, 6) is 0.226. The van der Waals surface area contributed by atoms with Crippen molar-refractivity contribution in [3.8, 4) is 0 Å². The van der Waals surface area contributed by atoms with E-state index >= 15 is 0 Å². The van der Waals surface area contributed by atoms with Crippen molar-refractivity contribution < 1.29 is 9.59 Å². The summed E-state index contributed by atoms with van der Waals surface area (Å²) in [6.07, 6.45) is 4.13. The van der Waals surface area contributed by atoms with Crippen LogP contribution in [0.25, 0.3) is 0 Å². The first-order valence-electron chi connectivity index (χ1n) is 12.2. The highest BCUT2D eigenvalue weighted by Gasteiger charge is 2.34. The number of benzene rings is 2. The summed E-state index contributed by atoms with van der Waals surface area (Å²) >= 11 is 0. The quantitative estimate of drug-likeness (QED) is 0.423. The van der Waals surface area contributed by atoms with Crippen LogP contribution in [-0.2, 0) is 17.9 Å². The third-order valence-corrected chi connectivity index (χ3v) is 6.22. The number of carbonyl (C=O) groups excluding carboxylic acids is 2. The van der Waals surface area contributed by atoms with Crippen LogP contribution in [0.3, 0.4) is 0 Å². The maximum absolute atomic E-state index is 13.5. The number of aromatic nitrogens is 1. The largest absolute Gasteiger partial charge is 0.345 e. The molecule has 1 saturated carbocycles. The minimum Gasteiger partial charge on any atom is -0.345 e. The number of aryl methyl sites for hydroxylation is 1. The van der Waals surface area contributed by atoms with E-state index in [2.05, 4.69) is 42.8 Å². The van der Waals surface area contributed by atoms with Gasteiger partial charge in [-0.1, -0.05) is 61.9 Å². The number of rotatable bonds is 10. The Morgan fingerprint density at radius 3 is 2.44 bits per heavy atom. The van der Waals surface area contributed by atoms with Crippen LogP contribution < -0.4 is 0 Å². The van der Waals surface area contributed by atoms with Crippen molar-refractivity contribution in [3.63, 3.8) is 0 Å². The molecule has 34 heavy (non-hydrogen) atoms. The Bertz CT molecular complexity index is 1120. The lowest BCUT2D eigenvalue weighted by Gasteiger charge is -2.29. The van der Waals surface area contributed by atoms with E-state index in [-0.39, 0.29) is 30.3 Å². The normalized spacial score (nSPS) is 13.2. The fourth-order valence-corrected chi connectivity index (χ4v) is 4.38. The molecule has 0 spiro atoms. The molecule has 4 rings (SSSR count). The standard InChI is InChI=1S/C29H35N3O2/c1-22(2)18-31(29(34)25-12-7-9-23(3)17-25)21-28(33)32(26-14-15-26)20-27-13-8-16-30(27)19-24-10-5-4-6-11-24/h4-13,16-17,22,26H,14-15,18-21H2,1-3H3. The van der Waals surface area contributed by atoms with Gasteiger partial charge >= 0.3 is 0 Å². The maximum atomic E-state index is 13.5. The minimum atomic E-state index is -0.0750. The van der Waals surface area contributed by atoms with Gasteiger partial charge in [-0.25, -0.2) is 0 Å². The molecule has 0 aliphatic heterocycles. The van der Waals surface area contributed by atoms with Gasteiger partial charge in [0.25, 0.3) is 5.91 Å². The van der Waals surface area contributed by atoms with Crippen LogP contribution in [0.4, 0.5) is 0 Å². The molecule has 1 aromatic heterocycles. The van der Waals surface area contributed by atoms with Crippen LogP contribution >= 0.6 is 0 Å². The average Bonchev–Trinajstić information content (AvgIpc) is 3.56. The Kier molecular flexibility index (Phi) is 7.51. The average molecular weight is 458 g/mol. The summed E-state index contributed by atoms with van der Waals surface area (Å²) in [5.41, 5.74) is 4.03. The molecule has 1 aliphatic carbocycles. The molecule has 0 bridgehead atoms. The van der Waals surface area contributed by atoms with E-state index in [1.807, 2.05) is 60.4 Å². The first kappa shape index (κ1) is 23.8. The number of hydrogen-bond acceptors (Lipinski definition) is 2. The van der Waals surface area contributed by atoms with E-state index in [1.54, 1.807) is 4.90 Å². The van der Waals surface area contributed by atoms with E-state index in [9.17, 15) is 9.59 Å². The van der Waals surface area contributed by atoms with E-state index in [4.69, 9.17) is 0 Å². The van der Waals surface area contributed by atoms with E-state index in [0.29, 0.717) is 18.7 Å². The van der Waals surface area contributed by atoms with E-state index in [0.717, 1.165) is 30.6 Å². The smallest absolute Gasteiger partial charge is 0.254 e. The van der Waals surface area contributed by atoms with Gasteiger partial charge in [-0.2, -0.15) is 0 Å². The SMILES string of the molecule is Cc1cccc(C(=O)N(CC(=O)N(Cc2cccn2Cc2ccccc2)C2CC2)CC(C)C)c1. The van der Waals surface area contributed by atoms with Gasteiger partial charge in [0, 0.05) is 36.6 Å². The monoisotopic (exact) mass is 457 g/mol. The Labute approximate surface area is 203 Å². The minimum absolute atomic E-state index is 0.0246. The van der Waals surface area contributed by atoms with Crippen LogP contribution in [0.5, 0.6) is 0 Å². The molecular weight excluding hydrogens is 422 g/mol. The molecule has 0 radical (unpaired) electrons. The molecule has 1 heterocycles. The fourth-order valence-electron chi connectivity index (χ4n) is 4.38. The van der Waals surface area contributed by atoms with Gasteiger partial charge in [0.1, 0.15) is 6.54 Å². The predicted octanol–water partition coefficient (Wildman–Crippen LogP) is 5.13. The fraction of sp³-hybridized carbons (Fsp3) is 0.379. The Hall–Kier alpha value is -3.34.